The van der Waals surface area contributed by atoms with Crippen LogP contribution in [0.15, 0.2) is 36.4 Å². The first-order chi connectivity index (χ1) is 10.0. The van der Waals surface area contributed by atoms with Crippen molar-refractivity contribution in [2.24, 2.45) is 0 Å². The van der Waals surface area contributed by atoms with Gasteiger partial charge in [0.05, 0.1) is 6.04 Å². The van der Waals surface area contributed by atoms with Crippen LogP contribution in [0.5, 0.6) is 0 Å². The molecule has 3 heteroatoms. The van der Waals surface area contributed by atoms with Crippen molar-refractivity contribution in [3.05, 3.63) is 68.7 Å². The minimum absolute atomic E-state index is 0.0922. The first kappa shape index (κ1) is 16.4. The lowest BCUT2D eigenvalue weighted by Crippen LogP contribution is -2.24. The van der Waals surface area contributed by atoms with Crippen molar-refractivity contribution < 1.29 is 0 Å². The van der Waals surface area contributed by atoms with Gasteiger partial charge in [-0.3, -0.25) is 0 Å². The number of halogens is 2. The van der Waals surface area contributed by atoms with E-state index in [9.17, 15) is 0 Å². The Balaban J connectivity index is 2.51. The summed E-state index contributed by atoms with van der Waals surface area (Å²) in [5, 5.41) is 5.20. The molecule has 0 aliphatic rings. The molecule has 0 saturated heterocycles. The second kappa shape index (κ2) is 7.31. The number of rotatable bonds is 5. The largest absolute Gasteiger partial charge is 0.306 e. The fourth-order valence-electron chi connectivity index (χ4n) is 2.50. The molecule has 0 aliphatic carbocycles. The molecule has 1 unspecified atom stereocenters. The number of hydrogen-bond acceptors (Lipinski definition) is 1. The summed E-state index contributed by atoms with van der Waals surface area (Å²) in [5.74, 6) is 0. The number of aryl methyl sites for hydroxylation is 2. The van der Waals surface area contributed by atoms with Gasteiger partial charge < -0.3 is 5.32 Å². The van der Waals surface area contributed by atoms with Crippen LogP contribution >= 0.6 is 23.2 Å². The fraction of sp³-hybridized carbons (Fsp3) is 0.333. The molecule has 21 heavy (non-hydrogen) atoms. The lowest BCUT2D eigenvalue weighted by atomic mass is 9.93. The molecule has 0 aliphatic heterocycles. The van der Waals surface area contributed by atoms with E-state index in [-0.39, 0.29) is 6.04 Å². The van der Waals surface area contributed by atoms with E-state index in [2.05, 4.69) is 31.3 Å². The SMILES string of the molecule is CCCNC(c1cc(C)c(Cl)cc1C)c1ccccc1Cl. The van der Waals surface area contributed by atoms with Gasteiger partial charge >= 0.3 is 0 Å². The Morgan fingerprint density at radius 2 is 1.67 bits per heavy atom. The molecule has 1 nitrogen and oxygen atoms in total. The van der Waals surface area contributed by atoms with E-state index in [0.29, 0.717) is 0 Å². The molecule has 0 spiro atoms. The third-order valence-electron chi connectivity index (χ3n) is 3.67. The zero-order valence-electron chi connectivity index (χ0n) is 12.7. The van der Waals surface area contributed by atoms with E-state index >= 15 is 0 Å². The van der Waals surface area contributed by atoms with E-state index in [1.54, 1.807) is 0 Å². The maximum absolute atomic E-state index is 6.41. The minimum Gasteiger partial charge on any atom is -0.306 e. The van der Waals surface area contributed by atoms with Crippen LogP contribution in [0.25, 0.3) is 0 Å². The average molecular weight is 322 g/mol. The van der Waals surface area contributed by atoms with Crippen LogP contribution in [0, 0.1) is 13.8 Å². The van der Waals surface area contributed by atoms with Gasteiger partial charge in [0.15, 0.2) is 0 Å². The Labute approximate surface area is 137 Å². The Morgan fingerprint density at radius 3 is 2.33 bits per heavy atom. The first-order valence-corrected chi connectivity index (χ1v) is 8.04. The summed E-state index contributed by atoms with van der Waals surface area (Å²) in [5.41, 5.74) is 4.61. The molecule has 2 aromatic carbocycles. The predicted octanol–water partition coefficient (Wildman–Crippen LogP) is 5.70. The maximum Gasteiger partial charge on any atom is 0.0594 e. The molecule has 2 aromatic rings. The standard InChI is InChI=1S/C18H21Cl2N/c1-4-9-21-18(14-7-5-6-8-16(14)19)15-10-13(3)17(20)11-12(15)2/h5-8,10-11,18,21H,4,9H2,1-3H3. The van der Waals surface area contributed by atoms with Crippen molar-refractivity contribution in [2.45, 2.75) is 33.2 Å². The lowest BCUT2D eigenvalue weighted by Gasteiger charge is -2.23. The monoisotopic (exact) mass is 321 g/mol. The highest BCUT2D eigenvalue weighted by molar-refractivity contribution is 6.31. The molecule has 0 heterocycles. The Kier molecular flexibility index (Phi) is 5.69. The van der Waals surface area contributed by atoms with Crippen LogP contribution < -0.4 is 5.32 Å². The zero-order valence-corrected chi connectivity index (χ0v) is 14.2. The molecular formula is C18H21Cl2N. The molecule has 2 rings (SSSR count). The normalized spacial score (nSPS) is 12.4. The van der Waals surface area contributed by atoms with E-state index in [1.807, 2.05) is 31.2 Å². The van der Waals surface area contributed by atoms with Gasteiger partial charge in [-0.25, -0.2) is 0 Å². The van der Waals surface area contributed by atoms with Crippen LogP contribution in [-0.2, 0) is 0 Å². The first-order valence-electron chi connectivity index (χ1n) is 7.29. The van der Waals surface area contributed by atoms with Gasteiger partial charge in [-0.05, 0) is 61.2 Å². The Morgan fingerprint density at radius 1 is 0.952 bits per heavy atom. The number of nitrogens with one attached hydrogen (secondary N) is 1. The third kappa shape index (κ3) is 3.79. The van der Waals surface area contributed by atoms with Crippen molar-refractivity contribution in [1.82, 2.24) is 5.32 Å². The molecule has 0 amide bonds. The quantitative estimate of drug-likeness (QED) is 0.744. The molecule has 1 N–H and O–H groups in total. The Hall–Kier alpha value is -1.02. The fourth-order valence-corrected chi connectivity index (χ4v) is 2.96. The number of benzene rings is 2. The minimum atomic E-state index is 0.0922. The third-order valence-corrected chi connectivity index (χ3v) is 4.42. The highest BCUT2D eigenvalue weighted by Gasteiger charge is 2.18. The summed E-state index contributed by atoms with van der Waals surface area (Å²) in [6.45, 7) is 7.24. The molecular weight excluding hydrogens is 301 g/mol. The van der Waals surface area contributed by atoms with Crippen LogP contribution in [0.2, 0.25) is 10.0 Å². The van der Waals surface area contributed by atoms with Crippen LogP contribution in [0.1, 0.15) is 41.6 Å². The molecule has 0 bridgehead atoms. The molecule has 0 radical (unpaired) electrons. The van der Waals surface area contributed by atoms with Gasteiger partial charge in [0, 0.05) is 10.0 Å². The lowest BCUT2D eigenvalue weighted by molar-refractivity contribution is 0.596. The molecule has 1 atom stereocenters. The van der Waals surface area contributed by atoms with Crippen molar-refractivity contribution in [3.8, 4) is 0 Å². The summed E-state index contributed by atoms with van der Waals surface area (Å²) in [7, 11) is 0. The van der Waals surface area contributed by atoms with E-state index in [4.69, 9.17) is 23.2 Å². The highest BCUT2D eigenvalue weighted by atomic mass is 35.5. The van der Waals surface area contributed by atoms with E-state index in [0.717, 1.165) is 34.1 Å². The van der Waals surface area contributed by atoms with E-state index in [1.165, 1.54) is 11.1 Å². The summed E-state index contributed by atoms with van der Waals surface area (Å²) in [4.78, 5) is 0. The summed E-state index contributed by atoms with van der Waals surface area (Å²) in [6.07, 6.45) is 1.08. The molecule has 0 aromatic heterocycles. The predicted molar refractivity (Wildman–Crippen MR) is 92.5 cm³/mol. The van der Waals surface area contributed by atoms with Gasteiger partial charge in [0.25, 0.3) is 0 Å². The smallest absolute Gasteiger partial charge is 0.0594 e. The van der Waals surface area contributed by atoms with Crippen LogP contribution in [0.4, 0.5) is 0 Å². The highest BCUT2D eigenvalue weighted by Crippen LogP contribution is 2.32. The van der Waals surface area contributed by atoms with Crippen LogP contribution in [0.3, 0.4) is 0 Å². The Bertz CT molecular complexity index is 623. The number of hydrogen-bond donors (Lipinski definition) is 1. The summed E-state index contributed by atoms with van der Waals surface area (Å²) in [6, 6.07) is 12.3. The van der Waals surface area contributed by atoms with Gasteiger partial charge in [-0.1, -0.05) is 54.4 Å². The van der Waals surface area contributed by atoms with Gasteiger partial charge in [0.2, 0.25) is 0 Å². The van der Waals surface area contributed by atoms with Gasteiger partial charge in [-0.2, -0.15) is 0 Å². The molecule has 0 fully saturated rings. The van der Waals surface area contributed by atoms with Gasteiger partial charge in [-0.15, -0.1) is 0 Å². The van der Waals surface area contributed by atoms with Crippen molar-refractivity contribution in [2.75, 3.05) is 6.54 Å². The zero-order chi connectivity index (χ0) is 15.4. The van der Waals surface area contributed by atoms with Crippen molar-refractivity contribution in [1.29, 1.82) is 0 Å². The summed E-state index contributed by atoms with van der Waals surface area (Å²) < 4.78 is 0. The van der Waals surface area contributed by atoms with Crippen molar-refractivity contribution in [3.63, 3.8) is 0 Å². The van der Waals surface area contributed by atoms with E-state index < -0.39 is 0 Å². The average Bonchev–Trinajstić information content (AvgIpc) is 2.46. The maximum atomic E-state index is 6.41. The molecule has 112 valence electrons. The van der Waals surface area contributed by atoms with Crippen LogP contribution in [-0.4, -0.2) is 6.54 Å². The second-order valence-corrected chi connectivity index (χ2v) is 6.18. The second-order valence-electron chi connectivity index (χ2n) is 5.37. The molecule has 0 saturated carbocycles. The van der Waals surface area contributed by atoms with Crippen molar-refractivity contribution >= 4 is 23.2 Å². The summed E-state index contributed by atoms with van der Waals surface area (Å²) >= 11 is 12.6. The van der Waals surface area contributed by atoms with Gasteiger partial charge in [0.1, 0.15) is 0 Å². The topological polar surface area (TPSA) is 12.0 Å².